The van der Waals surface area contributed by atoms with Crippen LogP contribution >= 0.6 is 23.7 Å². The van der Waals surface area contributed by atoms with Gasteiger partial charge in [0.15, 0.2) is 0 Å². The molecule has 0 saturated carbocycles. The van der Waals surface area contributed by atoms with Crippen LogP contribution in [-0.4, -0.2) is 11.3 Å². The molecule has 1 rings (SSSR count). The zero-order valence-electron chi connectivity index (χ0n) is 7.43. The minimum absolute atomic E-state index is 0. The third kappa shape index (κ3) is 4.06. The Balaban J connectivity index is 0.00000196. The van der Waals surface area contributed by atoms with Crippen LogP contribution in [0.2, 0.25) is 0 Å². The van der Waals surface area contributed by atoms with Gasteiger partial charge in [0, 0.05) is 23.4 Å². The third-order valence-electron chi connectivity index (χ3n) is 1.59. The minimum Gasteiger partial charge on any atom is -0.323 e. The molecule has 0 aromatic carbocycles. The lowest BCUT2D eigenvalue weighted by Crippen LogP contribution is -2.12. The smallest absolute Gasteiger partial charge is 0.323 e. The molecule has 15 heavy (non-hydrogen) atoms. The summed E-state index contributed by atoms with van der Waals surface area (Å²) in [5.74, 6) is 0. The molecular weight excluding hydrogens is 250 g/mol. The van der Waals surface area contributed by atoms with Gasteiger partial charge in [-0.3, -0.25) is 10.1 Å². The van der Waals surface area contributed by atoms with Gasteiger partial charge in [-0.05, 0) is 6.07 Å². The Morgan fingerprint density at radius 1 is 1.53 bits per heavy atom. The van der Waals surface area contributed by atoms with Gasteiger partial charge in [-0.1, -0.05) is 11.3 Å². The first-order valence-corrected chi connectivity index (χ1v) is 4.60. The van der Waals surface area contributed by atoms with Crippen molar-refractivity contribution >= 4 is 28.7 Å². The number of nitro groups is 1. The van der Waals surface area contributed by atoms with Crippen LogP contribution < -0.4 is 5.73 Å². The molecule has 86 valence electrons. The highest BCUT2D eigenvalue weighted by molar-refractivity contribution is 7.15. The van der Waals surface area contributed by atoms with Crippen molar-refractivity contribution in [3.05, 3.63) is 27.1 Å². The fourth-order valence-corrected chi connectivity index (χ4v) is 1.78. The molecule has 0 amide bonds. The van der Waals surface area contributed by atoms with E-state index >= 15 is 0 Å². The second kappa shape index (κ2) is 5.94. The van der Waals surface area contributed by atoms with Gasteiger partial charge in [-0.2, -0.15) is 0 Å². The Bertz CT molecular complexity index is 335. The standard InChI is InChI=1S/C7H8F2N2O2S.ClH/c8-6(9)3-4(10)5-1-2-7(14-5)11(12)13;/h1-2,4,6H,3,10H2;1H/t4-;/m0./s1. The van der Waals surface area contributed by atoms with E-state index in [4.69, 9.17) is 5.73 Å². The summed E-state index contributed by atoms with van der Waals surface area (Å²) < 4.78 is 23.9. The number of thiophene rings is 1. The van der Waals surface area contributed by atoms with Crippen molar-refractivity contribution in [2.75, 3.05) is 0 Å². The van der Waals surface area contributed by atoms with Crippen LogP contribution in [0.3, 0.4) is 0 Å². The molecule has 0 unspecified atom stereocenters. The van der Waals surface area contributed by atoms with E-state index in [0.29, 0.717) is 4.88 Å². The Labute approximate surface area is 94.6 Å². The molecule has 2 N–H and O–H groups in total. The molecule has 0 aliphatic rings. The highest BCUT2D eigenvalue weighted by Gasteiger charge is 2.17. The van der Waals surface area contributed by atoms with Crippen molar-refractivity contribution < 1.29 is 13.7 Å². The summed E-state index contributed by atoms with van der Waals surface area (Å²) in [5, 5.41) is 10.2. The molecule has 0 aliphatic carbocycles. The molecule has 1 atom stereocenters. The summed E-state index contributed by atoms with van der Waals surface area (Å²) in [7, 11) is 0. The molecule has 0 spiro atoms. The maximum atomic E-state index is 11.9. The topological polar surface area (TPSA) is 69.2 Å². The first-order valence-electron chi connectivity index (χ1n) is 3.78. The average molecular weight is 259 g/mol. The van der Waals surface area contributed by atoms with Crippen molar-refractivity contribution in [3.8, 4) is 0 Å². The van der Waals surface area contributed by atoms with E-state index in [1.165, 1.54) is 12.1 Å². The quantitative estimate of drug-likeness (QED) is 0.667. The lowest BCUT2D eigenvalue weighted by molar-refractivity contribution is -0.380. The van der Waals surface area contributed by atoms with E-state index < -0.39 is 23.8 Å². The van der Waals surface area contributed by atoms with Crippen molar-refractivity contribution in [1.82, 2.24) is 0 Å². The van der Waals surface area contributed by atoms with Crippen LogP contribution in [0.1, 0.15) is 17.3 Å². The van der Waals surface area contributed by atoms with Crippen molar-refractivity contribution in [2.45, 2.75) is 18.9 Å². The summed E-state index contributed by atoms with van der Waals surface area (Å²) >= 11 is 0.834. The van der Waals surface area contributed by atoms with Crippen LogP contribution in [0.4, 0.5) is 13.8 Å². The third-order valence-corrected chi connectivity index (χ3v) is 2.76. The Morgan fingerprint density at radius 3 is 2.53 bits per heavy atom. The van der Waals surface area contributed by atoms with Crippen molar-refractivity contribution in [1.29, 1.82) is 0 Å². The molecule has 0 saturated heterocycles. The summed E-state index contributed by atoms with van der Waals surface area (Å²) in [6.45, 7) is 0. The first-order chi connectivity index (χ1) is 6.50. The number of hydrogen-bond acceptors (Lipinski definition) is 4. The van der Waals surface area contributed by atoms with Gasteiger partial charge in [0.05, 0.1) is 4.92 Å². The van der Waals surface area contributed by atoms with Crippen molar-refractivity contribution in [2.24, 2.45) is 5.73 Å². The summed E-state index contributed by atoms with van der Waals surface area (Å²) in [6, 6.07) is 1.86. The van der Waals surface area contributed by atoms with Crippen LogP contribution in [0, 0.1) is 10.1 Å². The fourth-order valence-electron chi connectivity index (χ4n) is 0.948. The van der Waals surface area contributed by atoms with Gasteiger partial charge in [-0.25, -0.2) is 8.78 Å². The number of nitrogens with zero attached hydrogens (tertiary/aromatic N) is 1. The SMILES string of the molecule is Cl.N[C@@H](CC(F)F)c1ccc([N+](=O)[O-])s1. The zero-order chi connectivity index (χ0) is 10.7. The highest BCUT2D eigenvalue weighted by atomic mass is 35.5. The predicted molar refractivity (Wildman–Crippen MR) is 55.8 cm³/mol. The molecule has 0 aliphatic heterocycles. The van der Waals surface area contributed by atoms with Crippen LogP contribution in [0.15, 0.2) is 12.1 Å². The first kappa shape index (κ1) is 14.2. The number of alkyl halides is 2. The maximum absolute atomic E-state index is 11.9. The van der Waals surface area contributed by atoms with Crippen LogP contribution in [-0.2, 0) is 0 Å². The number of nitrogens with two attached hydrogens (primary N) is 1. The molecule has 0 fully saturated rings. The molecule has 0 bridgehead atoms. The van der Waals surface area contributed by atoms with Gasteiger partial charge in [-0.15, -0.1) is 12.4 Å². The minimum atomic E-state index is -2.49. The van der Waals surface area contributed by atoms with E-state index in [2.05, 4.69) is 0 Å². The Hall–Kier alpha value is -0.790. The summed E-state index contributed by atoms with van der Waals surface area (Å²) in [5.41, 5.74) is 5.42. The molecule has 1 aromatic rings. The maximum Gasteiger partial charge on any atom is 0.324 e. The lowest BCUT2D eigenvalue weighted by Gasteiger charge is -2.06. The van der Waals surface area contributed by atoms with E-state index in [1.807, 2.05) is 0 Å². The molecule has 1 heterocycles. The Kier molecular flexibility index (Phi) is 5.63. The largest absolute Gasteiger partial charge is 0.324 e. The van der Waals surface area contributed by atoms with E-state index in [9.17, 15) is 18.9 Å². The van der Waals surface area contributed by atoms with Gasteiger partial charge in [0.1, 0.15) is 0 Å². The molecular formula is C7H9ClF2N2O2S. The number of rotatable bonds is 4. The lowest BCUT2D eigenvalue weighted by atomic mass is 10.2. The summed E-state index contributed by atoms with van der Waals surface area (Å²) in [6.07, 6.45) is -2.97. The summed E-state index contributed by atoms with van der Waals surface area (Å²) in [4.78, 5) is 10.1. The molecule has 4 nitrogen and oxygen atoms in total. The van der Waals surface area contributed by atoms with E-state index in [0.717, 1.165) is 11.3 Å². The second-order valence-corrected chi connectivity index (χ2v) is 3.76. The second-order valence-electron chi connectivity index (χ2n) is 2.67. The van der Waals surface area contributed by atoms with E-state index in [-0.39, 0.29) is 17.4 Å². The predicted octanol–water partition coefficient (Wildman–Crippen LogP) is 2.73. The van der Waals surface area contributed by atoms with Gasteiger partial charge in [0.2, 0.25) is 6.43 Å². The molecule has 8 heteroatoms. The average Bonchev–Trinajstić information content (AvgIpc) is 2.50. The van der Waals surface area contributed by atoms with Gasteiger partial charge < -0.3 is 5.73 Å². The van der Waals surface area contributed by atoms with Gasteiger partial charge >= 0.3 is 5.00 Å². The van der Waals surface area contributed by atoms with Crippen LogP contribution in [0.25, 0.3) is 0 Å². The monoisotopic (exact) mass is 258 g/mol. The van der Waals surface area contributed by atoms with Crippen molar-refractivity contribution in [3.63, 3.8) is 0 Å². The molecule has 1 aromatic heterocycles. The number of halogens is 3. The number of hydrogen-bond donors (Lipinski definition) is 1. The van der Waals surface area contributed by atoms with Gasteiger partial charge in [0.25, 0.3) is 0 Å². The molecule has 0 radical (unpaired) electrons. The van der Waals surface area contributed by atoms with E-state index in [1.54, 1.807) is 0 Å². The highest BCUT2D eigenvalue weighted by Crippen LogP contribution is 2.30. The normalized spacial score (nSPS) is 12.3. The van der Waals surface area contributed by atoms with Crippen LogP contribution in [0.5, 0.6) is 0 Å². The Morgan fingerprint density at radius 2 is 2.13 bits per heavy atom. The fraction of sp³-hybridized carbons (Fsp3) is 0.429. The zero-order valence-corrected chi connectivity index (χ0v) is 9.06.